The van der Waals surface area contributed by atoms with Gasteiger partial charge in [0.25, 0.3) is 0 Å². The van der Waals surface area contributed by atoms with Gasteiger partial charge in [0.15, 0.2) is 0 Å². The Hall–Kier alpha value is 1.66. The van der Waals surface area contributed by atoms with Gasteiger partial charge in [-0.2, -0.15) is 0 Å². The Balaban J connectivity index is -0.00000180. The van der Waals surface area contributed by atoms with Crippen LogP contribution >= 0.6 is 0 Å². The van der Waals surface area contributed by atoms with Crippen molar-refractivity contribution in [1.82, 2.24) is 0 Å². The Bertz CT molecular complexity index is 213. The van der Waals surface area contributed by atoms with Crippen LogP contribution in [0.3, 0.4) is 0 Å². The van der Waals surface area contributed by atoms with Gasteiger partial charge in [-0.1, -0.05) is 96.8 Å². The van der Waals surface area contributed by atoms with E-state index in [1.54, 1.807) is 0 Å². The van der Waals surface area contributed by atoms with Crippen molar-refractivity contribution in [2.45, 2.75) is 110 Å². The summed E-state index contributed by atoms with van der Waals surface area (Å²) in [5.41, 5.74) is 0. The van der Waals surface area contributed by atoms with E-state index in [-0.39, 0.29) is 74.8 Å². The summed E-state index contributed by atoms with van der Waals surface area (Å²) >= 11 is 0. The molecule has 120 valence electrons. The monoisotopic (exact) mass is 485 g/mol. The molecular formula is C18H35BaO2Zn+3. The maximum atomic E-state index is 10.2. The molecular weight excluding hydrogens is 451 g/mol. The standard InChI is InChI=1S/C18H36O2.Ba.Zn/c1-2-3-4-5-6-7-8-9-10-11-12-13-14-15-16-17-18(19)20;;/h2-17H2,1H3,(H,19,20);;/q;2*+2/p-1. The van der Waals surface area contributed by atoms with Crippen molar-refractivity contribution in [3.8, 4) is 0 Å². The summed E-state index contributed by atoms with van der Waals surface area (Å²) in [5.74, 6) is -0.903. The Labute approximate surface area is 191 Å². The van der Waals surface area contributed by atoms with E-state index >= 15 is 0 Å². The first kappa shape index (κ1) is 28.5. The minimum atomic E-state index is -0.903. The van der Waals surface area contributed by atoms with Crippen LogP contribution in [-0.4, -0.2) is 54.9 Å². The van der Waals surface area contributed by atoms with Crippen LogP contribution in [-0.2, 0) is 24.3 Å². The van der Waals surface area contributed by atoms with Gasteiger partial charge in [0, 0.05) is 5.97 Å². The number of carbonyl (C=O) groups is 1. The summed E-state index contributed by atoms with van der Waals surface area (Å²) < 4.78 is 0. The van der Waals surface area contributed by atoms with Gasteiger partial charge in [0.1, 0.15) is 0 Å². The molecule has 0 rings (SSSR count). The first-order valence-corrected chi connectivity index (χ1v) is 8.97. The number of hydrogen-bond donors (Lipinski definition) is 0. The summed E-state index contributed by atoms with van der Waals surface area (Å²) in [6, 6.07) is 0. The number of rotatable bonds is 16. The molecule has 0 saturated heterocycles. The molecule has 0 atom stereocenters. The molecule has 0 fully saturated rings. The minimum Gasteiger partial charge on any atom is -0.550 e. The zero-order valence-corrected chi connectivity index (χ0v) is 22.5. The molecule has 0 saturated carbocycles. The van der Waals surface area contributed by atoms with Crippen molar-refractivity contribution in [1.29, 1.82) is 0 Å². The van der Waals surface area contributed by atoms with Crippen LogP contribution in [0.5, 0.6) is 0 Å². The molecule has 0 aliphatic rings. The zero-order valence-electron chi connectivity index (χ0n) is 15.0. The topological polar surface area (TPSA) is 40.1 Å². The Morgan fingerprint density at radius 3 is 1.18 bits per heavy atom. The normalized spacial score (nSPS) is 9.86. The van der Waals surface area contributed by atoms with Gasteiger partial charge in [-0.15, -0.1) is 0 Å². The predicted molar refractivity (Wildman–Crippen MR) is 90.3 cm³/mol. The molecule has 0 aromatic carbocycles. The van der Waals surface area contributed by atoms with Crippen molar-refractivity contribution in [2.75, 3.05) is 0 Å². The number of carbonyl (C=O) groups excluding carboxylic acids is 1. The third-order valence-corrected chi connectivity index (χ3v) is 3.98. The molecule has 0 aromatic heterocycles. The van der Waals surface area contributed by atoms with Crippen LogP contribution < -0.4 is 5.11 Å². The van der Waals surface area contributed by atoms with E-state index in [1.165, 1.54) is 83.5 Å². The second kappa shape index (κ2) is 24.9. The van der Waals surface area contributed by atoms with Gasteiger partial charge in [-0.25, -0.2) is 0 Å². The van der Waals surface area contributed by atoms with Crippen LogP contribution in [0.25, 0.3) is 0 Å². The fourth-order valence-corrected chi connectivity index (χ4v) is 2.64. The van der Waals surface area contributed by atoms with Gasteiger partial charge in [-0.05, 0) is 12.8 Å². The van der Waals surface area contributed by atoms with E-state index in [9.17, 15) is 9.90 Å². The molecule has 0 bridgehead atoms. The average molecular weight is 486 g/mol. The second-order valence-corrected chi connectivity index (χ2v) is 6.07. The summed E-state index contributed by atoms with van der Waals surface area (Å²) in [7, 11) is 0. The molecule has 2 nitrogen and oxygen atoms in total. The molecule has 0 amide bonds. The van der Waals surface area contributed by atoms with Gasteiger partial charge in [-0.3, -0.25) is 0 Å². The van der Waals surface area contributed by atoms with Gasteiger partial charge in [0.2, 0.25) is 0 Å². The number of aliphatic carboxylic acids is 1. The molecule has 0 unspecified atom stereocenters. The fourth-order valence-electron chi connectivity index (χ4n) is 2.64. The second-order valence-electron chi connectivity index (χ2n) is 6.07. The Kier molecular flexibility index (Phi) is 32.2. The average Bonchev–Trinajstić information content (AvgIpc) is 2.43. The van der Waals surface area contributed by atoms with Gasteiger partial charge >= 0.3 is 68.4 Å². The molecule has 0 aliphatic carbocycles. The molecule has 0 spiro atoms. The molecule has 0 aromatic rings. The maximum absolute atomic E-state index is 10.2. The van der Waals surface area contributed by atoms with Gasteiger partial charge in [0.05, 0.1) is 0 Å². The predicted octanol–water partition coefficient (Wildman–Crippen LogP) is 4.61. The van der Waals surface area contributed by atoms with Crippen LogP contribution in [0.4, 0.5) is 0 Å². The number of unbranched alkanes of at least 4 members (excludes halogenated alkanes) is 14. The molecule has 0 aliphatic heterocycles. The molecule has 4 heteroatoms. The van der Waals surface area contributed by atoms with Crippen molar-refractivity contribution in [3.05, 3.63) is 0 Å². The summed E-state index contributed by atoms with van der Waals surface area (Å²) in [4.78, 5) is 10.2. The summed E-state index contributed by atoms with van der Waals surface area (Å²) in [6.07, 6.45) is 19.9. The van der Waals surface area contributed by atoms with E-state index in [0.29, 0.717) is 0 Å². The third kappa shape index (κ3) is 26.6. The first-order valence-electron chi connectivity index (χ1n) is 8.97. The smallest absolute Gasteiger partial charge is 0.550 e. The van der Waals surface area contributed by atoms with Gasteiger partial charge < -0.3 is 9.90 Å². The molecule has 0 radical (unpaired) electrons. The first-order chi connectivity index (χ1) is 9.77. The van der Waals surface area contributed by atoms with E-state index in [1.807, 2.05) is 0 Å². The van der Waals surface area contributed by atoms with Crippen molar-refractivity contribution < 1.29 is 29.4 Å². The molecule has 22 heavy (non-hydrogen) atoms. The Morgan fingerprint density at radius 2 is 0.909 bits per heavy atom. The molecule has 0 heterocycles. The van der Waals surface area contributed by atoms with E-state index in [4.69, 9.17) is 0 Å². The number of hydrogen-bond acceptors (Lipinski definition) is 2. The molecule has 0 N–H and O–H groups in total. The van der Waals surface area contributed by atoms with Crippen molar-refractivity contribution in [2.24, 2.45) is 0 Å². The van der Waals surface area contributed by atoms with E-state index in [2.05, 4.69) is 6.92 Å². The third-order valence-electron chi connectivity index (χ3n) is 3.98. The van der Waals surface area contributed by atoms with E-state index < -0.39 is 5.97 Å². The Morgan fingerprint density at radius 1 is 0.636 bits per heavy atom. The fraction of sp³-hybridized carbons (Fsp3) is 0.944. The van der Waals surface area contributed by atoms with Crippen LogP contribution in [0, 0.1) is 0 Å². The van der Waals surface area contributed by atoms with Crippen molar-refractivity contribution >= 4 is 54.9 Å². The summed E-state index contributed by atoms with van der Waals surface area (Å²) in [6.45, 7) is 2.27. The van der Waals surface area contributed by atoms with Crippen molar-refractivity contribution in [3.63, 3.8) is 0 Å². The van der Waals surface area contributed by atoms with Crippen LogP contribution in [0.15, 0.2) is 0 Å². The van der Waals surface area contributed by atoms with Crippen LogP contribution in [0.1, 0.15) is 110 Å². The summed E-state index contributed by atoms with van der Waals surface area (Å²) in [5, 5.41) is 10.2. The van der Waals surface area contributed by atoms with Crippen LogP contribution in [0.2, 0.25) is 0 Å². The van der Waals surface area contributed by atoms with E-state index in [0.717, 1.165) is 12.8 Å². The maximum Gasteiger partial charge on any atom is 2.00 e. The zero-order chi connectivity index (χ0) is 14.9. The number of carboxylic acid groups (broad SMARTS) is 1. The SMILES string of the molecule is CCCCCCCCCCCCCCCCCC(=O)[O-].[Ba+2].[Zn+2]. The minimum absolute atomic E-state index is 0. The largest absolute Gasteiger partial charge is 2.00 e. The number of carboxylic acids is 1. The quantitative estimate of drug-likeness (QED) is 0.236.